The number of piperidine rings is 1. The summed E-state index contributed by atoms with van der Waals surface area (Å²) in [5, 5.41) is 11.9. The summed E-state index contributed by atoms with van der Waals surface area (Å²) in [7, 11) is 0. The summed E-state index contributed by atoms with van der Waals surface area (Å²) in [5.41, 5.74) is 5.12. The summed E-state index contributed by atoms with van der Waals surface area (Å²) < 4.78 is 6.48. The summed E-state index contributed by atoms with van der Waals surface area (Å²) in [6.45, 7) is 11.4. The third-order valence-corrected chi connectivity index (χ3v) is 14.0. The van der Waals surface area contributed by atoms with Gasteiger partial charge in [-0.1, -0.05) is 51.1 Å². The Morgan fingerprint density at radius 1 is 0.797 bits per heavy atom. The largest absolute Gasteiger partial charge is 0.489 e. The lowest BCUT2D eigenvalue weighted by Gasteiger charge is -2.65. The van der Waals surface area contributed by atoms with Crippen LogP contribution in [0.2, 0.25) is 5.02 Å². The Morgan fingerprint density at radius 3 is 2.10 bits per heavy atom. The molecule has 0 aromatic heterocycles. The number of amides is 5. The van der Waals surface area contributed by atoms with Crippen molar-refractivity contribution in [1.82, 2.24) is 20.0 Å². The zero-order chi connectivity index (χ0) is 41.5. The molecule has 1 unspecified atom stereocenters. The molecule has 4 heterocycles. The highest BCUT2D eigenvalue weighted by Gasteiger charge is 2.67. The van der Waals surface area contributed by atoms with Crippen molar-refractivity contribution in [3.05, 3.63) is 98.1 Å². The zero-order valence-electron chi connectivity index (χ0n) is 33.7. The highest BCUT2D eigenvalue weighted by molar-refractivity contribution is 6.31. The summed E-state index contributed by atoms with van der Waals surface area (Å²) in [4.78, 5) is 70.0. The molecule has 0 bridgehead atoms. The van der Waals surface area contributed by atoms with Crippen molar-refractivity contribution in [2.75, 3.05) is 6.54 Å². The van der Waals surface area contributed by atoms with Crippen LogP contribution >= 0.6 is 11.6 Å². The van der Waals surface area contributed by atoms with E-state index in [9.17, 15) is 29.2 Å². The van der Waals surface area contributed by atoms with Gasteiger partial charge in [0.25, 0.3) is 17.7 Å². The normalized spacial score (nSPS) is 26.6. The molecule has 3 aromatic carbocycles. The monoisotopic (exact) mass is 811 g/mol. The molecule has 5 amide bonds. The molecule has 1 saturated heterocycles. The zero-order valence-corrected chi connectivity index (χ0v) is 34.4. The van der Waals surface area contributed by atoms with E-state index in [2.05, 4.69) is 61.9 Å². The standard InChI is InChI=1S/C47H46ClN5O6/c1-46(2)44(47(3,4)45(46)59-33-13-12-29(21-49)37(48)20-33)52-25-32-17-27(11-14-34(32)41(52)56)8-5-26-6-9-28(10-7-26)22-51-23-30-18-35-36(19-31(30)24-51)43(58)53(42(35)57)38-15-16-39(54)50-40(38)55/h11-14,17-20,26,28,38,44-45H,6-7,9-10,15-16,22-25H2,1-4H3,(H,50,54,55)/t26-,28-,38?,44-,45-. The number of nitrogens with zero attached hydrogens (tertiary/aromatic N) is 4. The van der Waals surface area contributed by atoms with Crippen LogP contribution < -0.4 is 10.1 Å². The maximum Gasteiger partial charge on any atom is 0.262 e. The molecule has 1 atom stereocenters. The van der Waals surface area contributed by atoms with E-state index in [1.165, 1.54) is 0 Å². The van der Waals surface area contributed by atoms with Gasteiger partial charge >= 0.3 is 0 Å². The number of nitrogens with one attached hydrogen (secondary N) is 1. The van der Waals surface area contributed by atoms with Crippen LogP contribution in [0.1, 0.15) is 125 Å². The van der Waals surface area contributed by atoms with E-state index in [4.69, 9.17) is 16.3 Å². The first-order valence-electron chi connectivity index (χ1n) is 20.6. The Balaban J connectivity index is 0.781. The molecule has 1 N–H and O–H groups in total. The van der Waals surface area contributed by atoms with Crippen LogP contribution in [0.15, 0.2) is 48.5 Å². The molecule has 3 fully saturated rings. The van der Waals surface area contributed by atoms with Crippen LogP contribution in [0, 0.1) is 45.8 Å². The fraction of sp³-hybridized carbons (Fsp3) is 0.447. The minimum absolute atomic E-state index is 0.0347. The van der Waals surface area contributed by atoms with Crippen molar-refractivity contribution in [3.8, 4) is 23.7 Å². The van der Waals surface area contributed by atoms with Crippen molar-refractivity contribution in [3.63, 3.8) is 0 Å². The Kier molecular flexibility index (Phi) is 9.49. The molecule has 3 aromatic rings. The van der Waals surface area contributed by atoms with E-state index in [-0.39, 0.29) is 47.6 Å². The second-order valence-corrected chi connectivity index (χ2v) is 18.8. The van der Waals surface area contributed by atoms with Crippen LogP contribution in [-0.2, 0) is 29.2 Å². The van der Waals surface area contributed by atoms with Crippen LogP contribution in [-0.4, -0.2) is 69.0 Å². The molecule has 302 valence electrons. The van der Waals surface area contributed by atoms with Gasteiger partial charge in [0.05, 0.1) is 21.7 Å². The van der Waals surface area contributed by atoms with Crippen LogP contribution in [0.5, 0.6) is 5.75 Å². The Bertz CT molecular complexity index is 2410. The van der Waals surface area contributed by atoms with Gasteiger partial charge in [0.15, 0.2) is 0 Å². The number of carbonyl (C=O) groups is 5. The third-order valence-electron chi connectivity index (χ3n) is 13.7. The van der Waals surface area contributed by atoms with E-state index >= 15 is 0 Å². The van der Waals surface area contributed by atoms with Crippen molar-refractivity contribution in [2.24, 2.45) is 22.7 Å². The number of hydrogen-bond donors (Lipinski definition) is 1. The van der Waals surface area contributed by atoms with E-state index in [0.29, 0.717) is 58.9 Å². The quantitative estimate of drug-likeness (QED) is 0.216. The molecule has 11 nitrogen and oxygen atoms in total. The molecule has 2 aliphatic carbocycles. The average molecular weight is 812 g/mol. The molecule has 0 radical (unpaired) electrons. The molecular weight excluding hydrogens is 766 g/mol. The number of hydrogen-bond acceptors (Lipinski definition) is 8. The Morgan fingerprint density at radius 2 is 1.47 bits per heavy atom. The summed E-state index contributed by atoms with van der Waals surface area (Å²) in [6.07, 6.45) is 4.25. The van der Waals surface area contributed by atoms with Crippen molar-refractivity contribution in [2.45, 2.75) is 104 Å². The minimum Gasteiger partial charge on any atom is -0.489 e. The smallest absolute Gasteiger partial charge is 0.262 e. The number of fused-ring (bicyclic) bond motifs is 3. The number of rotatable bonds is 6. The predicted molar refractivity (Wildman–Crippen MR) is 218 cm³/mol. The van der Waals surface area contributed by atoms with E-state index < -0.39 is 23.8 Å². The molecular formula is C47H46ClN5O6. The molecule has 6 aliphatic rings. The number of carbonyl (C=O) groups excluding carboxylic acids is 5. The van der Waals surface area contributed by atoms with E-state index in [1.54, 1.807) is 18.2 Å². The maximum atomic E-state index is 13.8. The van der Waals surface area contributed by atoms with Crippen molar-refractivity contribution >= 4 is 41.1 Å². The SMILES string of the molecule is CC1(C)[C@H](Oc2ccc(C#N)c(Cl)c2)C(C)(C)[C@H]1N1Cc2cc(C#C[C@H]3CC[C@H](CN4Cc5cc6c(cc5C4)C(=O)N(C4CCC(=O)NC4=O)C6=O)CC3)ccc2C1=O. The van der Waals surface area contributed by atoms with Gasteiger partial charge in [0.2, 0.25) is 11.8 Å². The van der Waals surface area contributed by atoms with Crippen molar-refractivity contribution < 1.29 is 28.7 Å². The Labute approximate surface area is 349 Å². The minimum atomic E-state index is -0.964. The van der Waals surface area contributed by atoms with Gasteiger partial charge in [-0.25, -0.2) is 0 Å². The lowest BCUT2D eigenvalue weighted by Crippen LogP contribution is -2.74. The summed E-state index contributed by atoms with van der Waals surface area (Å²) in [5.74, 6) is 6.53. The predicted octanol–water partition coefficient (Wildman–Crippen LogP) is 6.62. The molecule has 9 rings (SSSR count). The van der Waals surface area contributed by atoms with E-state index in [1.807, 2.05) is 29.2 Å². The number of benzene rings is 3. The third kappa shape index (κ3) is 6.60. The summed E-state index contributed by atoms with van der Waals surface area (Å²) in [6, 6.07) is 15.8. The molecule has 2 saturated carbocycles. The second kappa shape index (κ2) is 14.4. The van der Waals surface area contributed by atoms with Gasteiger partial charge in [-0.2, -0.15) is 5.26 Å². The first-order chi connectivity index (χ1) is 28.1. The number of imide groups is 2. The highest BCUT2D eigenvalue weighted by Crippen LogP contribution is 2.59. The second-order valence-electron chi connectivity index (χ2n) is 18.4. The van der Waals surface area contributed by atoms with Crippen LogP contribution in [0.3, 0.4) is 0 Å². The number of nitriles is 1. The topological polar surface area (TPSA) is 140 Å². The molecule has 4 aliphatic heterocycles. The van der Waals surface area contributed by atoms with Gasteiger partial charge in [-0.3, -0.25) is 39.1 Å². The first kappa shape index (κ1) is 39.0. The molecule has 0 spiro atoms. The molecule has 12 heteroatoms. The van der Waals surface area contributed by atoms with Crippen molar-refractivity contribution in [1.29, 1.82) is 5.26 Å². The van der Waals surface area contributed by atoms with Gasteiger partial charge < -0.3 is 9.64 Å². The average Bonchev–Trinajstić information content (AvgIpc) is 3.81. The number of ether oxygens (including phenoxy) is 1. The number of halogens is 1. The lowest BCUT2D eigenvalue weighted by atomic mass is 9.49. The maximum absolute atomic E-state index is 13.8. The fourth-order valence-electron chi connectivity index (χ4n) is 11.2. The van der Waals surface area contributed by atoms with Gasteiger partial charge in [0.1, 0.15) is 24.0 Å². The van der Waals surface area contributed by atoms with E-state index in [0.717, 1.165) is 64.9 Å². The first-order valence-corrected chi connectivity index (χ1v) is 20.9. The fourth-order valence-corrected chi connectivity index (χ4v) is 11.5. The summed E-state index contributed by atoms with van der Waals surface area (Å²) >= 11 is 6.29. The molecule has 59 heavy (non-hydrogen) atoms. The van der Waals surface area contributed by atoms with Gasteiger partial charge in [-0.05, 0) is 97.2 Å². The van der Waals surface area contributed by atoms with Gasteiger partial charge in [-0.15, -0.1) is 0 Å². The highest BCUT2D eigenvalue weighted by atomic mass is 35.5. The van der Waals surface area contributed by atoms with Crippen LogP contribution in [0.25, 0.3) is 0 Å². The van der Waals surface area contributed by atoms with Crippen LogP contribution in [0.4, 0.5) is 0 Å². The van der Waals surface area contributed by atoms with Gasteiger partial charge in [0, 0.05) is 72.6 Å². The lowest BCUT2D eigenvalue weighted by molar-refractivity contribution is -0.199. The Hall–Kier alpha value is -5.49.